The number of anilines is 1. The van der Waals surface area contributed by atoms with Crippen LogP contribution in [0.1, 0.15) is 23.7 Å². The summed E-state index contributed by atoms with van der Waals surface area (Å²) < 4.78 is 5.14. The fourth-order valence-corrected chi connectivity index (χ4v) is 2.25. The molecule has 20 heavy (non-hydrogen) atoms. The number of hydrogen-bond donors (Lipinski definition) is 2. The first-order chi connectivity index (χ1) is 9.51. The SMILES string of the molecule is COc1ccc(C(=O)O)cc1NC(=O)N1CCC(C)C1. The number of carboxylic acid groups (broad SMARTS) is 1. The van der Waals surface area contributed by atoms with Crippen molar-refractivity contribution in [2.24, 2.45) is 5.92 Å². The third kappa shape index (κ3) is 3.01. The Hall–Kier alpha value is -2.24. The number of aromatic carboxylic acids is 1. The van der Waals surface area contributed by atoms with Gasteiger partial charge in [-0.1, -0.05) is 6.92 Å². The number of benzene rings is 1. The number of likely N-dealkylation sites (tertiary alicyclic amines) is 1. The molecular weight excluding hydrogens is 260 g/mol. The van der Waals surface area contributed by atoms with Crippen molar-refractivity contribution in [2.45, 2.75) is 13.3 Å². The molecule has 1 aromatic rings. The summed E-state index contributed by atoms with van der Waals surface area (Å²) in [5.41, 5.74) is 0.479. The molecule has 108 valence electrons. The smallest absolute Gasteiger partial charge is 0.335 e. The summed E-state index contributed by atoms with van der Waals surface area (Å²) >= 11 is 0. The maximum absolute atomic E-state index is 12.1. The van der Waals surface area contributed by atoms with Crippen LogP contribution in [-0.4, -0.2) is 42.2 Å². The number of amides is 2. The molecule has 1 fully saturated rings. The van der Waals surface area contributed by atoms with Crippen molar-refractivity contribution in [1.29, 1.82) is 0 Å². The molecule has 1 heterocycles. The van der Waals surface area contributed by atoms with E-state index in [0.717, 1.165) is 6.42 Å². The third-order valence-corrected chi connectivity index (χ3v) is 3.40. The normalized spacial score (nSPS) is 17.9. The van der Waals surface area contributed by atoms with Crippen LogP contribution in [0.25, 0.3) is 0 Å². The highest BCUT2D eigenvalue weighted by Gasteiger charge is 2.24. The number of methoxy groups -OCH3 is 1. The molecule has 0 radical (unpaired) electrons. The van der Waals surface area contributed by atoms with E-state index in [9.17, 15) is 9.59 Å². The van der Waals surface area contributed by atoms with Gasteiger partial charge >= 0.3 is 12.0 Å². The number of ether oxygens (including phenoxy) is 1. The topological polar surface area (TPSA) is 78.9 Å². The third-order valence-electron chi connectivity index (χ3n) is 3.40. The van der Waals surface area contributed by atoms with E-state index in [1.807, 2.05) is 0 Å². The predicted octanol–water partition coefficient (Wildman–Crippen LogP) is 2.27. The molecule has 0 aromatic heterocycles. The summed E-state index contributed by atoms with van der Waals surface area (Å²) in [5.74, 6) is -0.110. The van der Waals surface area contributed by atoms with Crippen LogP contribution in [0.2, 0.25) is 0 Å². The highest BCUT2D eigenvalue weighted by molar-refractivity contribution is 5.94. The monoisotopic (exact) mass is 278 g/mol. The zero-order valence-corrected chi connectivity index (χ0v) is 11.5. The minimum absolute atomic E-state index is 0.107. The van der Waals surface area contributed by atoms with Gasteiger partial charge in [0.05, 0.1) is 18.4 Å². The van der Waals surface area contributed by atoms with E-state index in [1.165, 1.54) is 25.3 Å². The van der Waals surface area contributed by atoms with Gasteiger partial charge in [0, 0.05) is 13.1 Å². The Bertz CT molecular complexity index is 530. The summed E-state index contributed by atoms with van der Waals surface area (Å²) in [7, 11) is 1.48. The molecule has 1 aliphatic rings. The van der Waals surface area contributed by atoms with Crippen LogP contribution >= 0.6 is 0 Å². The fraction of sp³-hybridized carbons (Fsp3) is 0.429. The van der Waals surface area contributed by atoms with E-state index in [0.29, 0.717) is 30.4 Å². The molecule has 0 spiro atoms. The van der Waals surface area contributed by atoms with E-state index < -0.39 is 5.97 Å². The molecule has 6 nitrogen and oxygen atoms in total. The molecule has 1 aromatic carbocycles. The quantitative estimate of drug-likeness (QED) is 0.889. The molecule has 2 N–H and O–H groups in total. The van der Waals surface area contributed by atoms with Gasteiger partial charge in [-0.2, -0.15) is 0 Å². The number of carbonyl (C=O) groups excluding carboxylic acids is 1. The second-order valence-electron chi connectivity index (χ2n) is 4.99. The van der Waals surface area contributed by atoms with Crippen molar-refractivity contribution >= 4 is 17.7 Å². The average Bonchev–Trinajstić information content (AvgIpc) is 2.85. The molecule has 1 atom stereocenters. The Morgan fingerprint density at radius 2 is 2.20 bits per heavy atom. The molecule has 0 bridgehead atoms. The van der Waals surface area contributed by atoms with Crippen LogP contribution in [0.5, 0.6) is 5.75 Å². The van der Waals surface area contributed by atoms with Crippen LogP contribution in [0.15, 0.2) is 18.2 Å². The van der Waals surface area contributed by atoms with Gasteiger partial charge in [-0.3, -0.25) is 0 Å². The lowest BCUT2D eigenvalue weighted by Gasteiger charge is -2.18. The highest BCUT2D eigenvalue weighted by Crippen LogP contribution is 2.26. The average molecular weight is 278 g/mol. The Balaban J connectivity index is 2.16. The highest BCUT2D eigenvalue weighted by atomic mass is 16.5. The van der Waals surface area contributed by atoms with Crippen molar-refractivity contribution in [1.82, 2.24) is 4.90 Å². The Kier molecular flexibility index (Phi) is 4.12. The van der Waals surface area contributed by atoms with Crippen LogP contribution in [0.3, 0.4) is 0 Å². The number of urea groups is 1. The lowest BCUT2D eigenvalue weighted by atomic mass is 10.2. The van der Waals surface area contributed by atoms with Crippen molar-refractivity contribution in [3.05, 3.63) is 23.8 Å². The first-order valence-electron chi connectivity index (χ1n) is 6.48. The summed E-state index contributed by atoms with van der Waals surface area (Å²) in [6, 6.07) is 4.15. The zero-order valence-electron chi connectivity index (χ0n) is 11.5. The van der Waals surface area contributed by atoms with Gasteiger partial charge in [0.2, 0.25) is 0 Å². The maximum Gasteiger partial charge on any atom is 0.335 e. The molecule has 6 heteroatoms. The molecular formula is C14H18N2O4. The minimum atomic E-state index is -1.04. The number of hydrogen-bond acceptors (Lipinski definition) is 3. The molecule has 0 aliphatic carbocycles. The molecule has 2 rings (SSSR count). The van der Waals surface area contributed by atoms with Crippen molar-refractivity contribution in [3.8, 4) is 5.75 Å². The summed E-state index contributed by atoms with van der Waals surface area (Å²) in [6.45, 7) is 3.53. The van der Waals surface area contributed by atoms with Gasteiger partial charge in [0.25, 0.3) is 0 Å². The lowest BCUT2D eigenvalue weighted by molar-refractivity contribution is 0.0697. The minimum Gasteiger partial charge on any atom is -0.495 e. The summed E-state index contributed by atoms with van der Waals surface area (Å²) in [5, 5.41) is 11.7. The van der Waals surface area contributed by atoms with Gasteiger partial charge in [-0.25, -0.2) is 9.59 Å². The van der Waals surface area contributed by atoms with E-state index in [4.69, 9.17) is 9.84 Å². The summed E-state index contributed by atoms with van der Waals surface area (Å²) in [6.07, 6.45) is 0.986. The molecule has 1 saturated heterocycles. The Morgan fingerprint density at radius 1 is 1.45 bits per heavy atom. The van der Waals surface area contributed by atoms with Crippen molar-refractivity contribution in [2.75, 3.05) is 25.5 Å². The standard InChI is InChI=1S/C14H18N2O4/c1-9-5-6-16(8-9)14(19)15-11-7-10(13(17)18)3-4-12(11)20-2/h3-4,7,9H,5-6,8H2,1-2H3,(H,15,19)(H,17,18). The Labute approximate surface area is 117 Å². The van der Waals surface area contributed by atoms with Gasteiger partial charge in [0.1, 0.15) is 5.75 Å². The lowest BCUT2D eigenvalue weighted by Crippen LogP contribution is -2.33. The molecule has 0 saturated carbocycles. The largest absolute Gasteiger partial charge is 0.495 e. The van der Waals surface area contributed by atoms with Crippen LogP contribution in [0.4, 0.5) is 10.5 Å². The number of rotatable bonds is 3. The van der Waals surface area contributed by atoms with E-state index in [2.05, 4.69) is 12.2 Å². The first-order valence-corrected chi connectivity index (χ1v) is 6.48. The van der Waals surface area contributed by atoms with Gasteiger partial charge in [-0.05, 0) is 30.5 Å². The van der Waals surface area contributed by atoms with Crippen molar-refractivity contribution < 1.29 is 19.4 Å². The van der Waals surface area contributed by atoms with Crippen molar-refractivity contribution in [3.63, 3.8) is 0 Å². The number of carboxylic acids is 1. The molecule has 1 aliphatic heterocycles. The van der Waals surface area contributed by atoms with Gasteiger partial charge in [-0.15, -0.1) is 0 Å². The molecule has 1 unspecified atom stereocenters. The zero-order chi connectivity index (χ0) is 14.7. The number of nitrogens with one attached hydrogen (secondary N) is 1. The van der Waals surface area contributed by atoms with E-state index in [-0.39, 0.29) is 11.6 Å². The van der Waals surface area contributed by atoms with E-state index in [1.54, 1.807) is 4.90 Å². The Morgan fingerprint density at radius 3 is 2.75 bits per heavy atom. The predicted molar refractivity (Wildman–Crippen MR) is 74.3 cm³/mol. The maximum atomic E-state index is 12.1. The van der Waals surface area contributed by atoms with Crippen LogP contribution < -0.4 is 10.1 Å². The number of nitrogens with zero attached hydrogens (tertiary/aromatic N) is 1. The van der Waals surface area contributed by atoms with Gasteiger partial charge < -0.3 is 20.1 Å². The van der Waals surface area contributed by atoms with Crippen LogP contribution in [0, 0.1) is 5.92 Å². The number of carbonyl (C=O) groups is 2. The summed E-state index contributed by atoms with van der Waals surface area (Å²) in [4.78, 5) is 24.8. The second-order valence-corrected chi connectivity index (χ2v) is 4.99. The van der Waals surface area contributed by atoms with E-state index >= 15 is 0 Å². The second kappa shape index (κ2) is 5.81. The van der Waals surface area contributed by atoms with Crippen LogP contribution in [-0.2, 0) is 0 Å². The first kappa shape index (κ1) is 14.2. The fourth-order valence-electron chi connectivity index (χ4n) is 2.25. The van der Waals surface area contributed by atoms with Gasteiger partial charge in [0.15, 0.2) is 0 Å². The molecule has 2 amide bonds.